The van der Waals surface area contributed by atoms with Gasteiger partial charge in [-0.05, 0) is 0 Å². The van der Waals surface area contributed by atoms with E-state index in [2.05, 4.69) is 0 Å². The van der Waals surface area contributed by atoms with E-state index in [0.29, 0.717) is 0 Å². The molecule has 36 valence electrons. The largest absolute Gasteiger partial charge is 0.412 e. The molecule has 0 saturated heterocycles. The van der Waals surface area contributed by atoms with Gasteiger partial charge in [-0.15, -0.1) is 24.8 Å². The fraction of sp³-hybridized carbons (Fsp3) is 0. The van der Waals surface area contributed by atoms with Crippen LogP contribution in [-0.4, -0.2) is 5.48 Å². The summed E-state index contributed by atoms with van der Waals surface area (Å²) < 4.78 is 0. The Morgan fingerprint density at radius 3 is 0.800 bits per heavy atom. The van der Waals surface area contributed by atoms with E-state index in [1.807, 2.05) is 0 Å². The first-order valence-electron chi connectivity index (χ1n) is 0. The molecule has 0 aromatic heterocycles. The molecular formula is H4Cl2LaOTb. The van der Waals surface area contributed by atoms with Crippen molar-refractivity contribution in [1.82, 2.24) is 0 Å². The Balaban J connectivity index is 0. The summed E-state index contributed by atoms with van der Waals surface area (Å²) >= 11 is 0. The summed E-state index contributed by atoms with van der Waals surface area (Å²) in [6, 6.07) is 0. The van der Waals surface area contributed by atoms with Crippen LogP contribution in [0.5, 0.6) is 0 Å². The molecule has 0 aliphatic carbocycles. The van der Waals surface area contributed by atoms with Crippen molar-refractivity contribution in [3.8, 4) is 0 Å². The zero-order valence-electron chi connectivity index (χ0n) is 2.23. The fourth-order valence-electron chi connectivity index (χ4n) is 0. The summed E-state index contributed by atoms with van der Waals surface area (Å²) in [6.07, 6.45) is 0. The number of rotatable bonds is 0. The van der Waals surface area contributed by atoms with Gasteiger partial charge in [-0.3, -0.25) is 0 Å². The van der Waals surface area contributed by atoms with Crippen LogP contribution in [0.2, 0.25) is 0 Å². The van der Waals surface area contributed by atoms with Crippen LogP contribution in [0.1, 0.15) is 0 Å². The van der Waals surface area contributed by atoms with Crippen LogP contribution in [0.3, 0.4) is 0 Å². The second kappa shape index (κ2) is 27.9. The first-order chi connectivity index (χ1) is 0. The average molecular weight is 389 g/mol. The van der Waals surface area contributed by atoms with Gasteiger partial charge in [-0.1, -0.05) is 0 Å². The molecular weight excluding hydrogens is 385 g/mol. The second-order valence-corrected chi connectivity index (χ2v) is 0. The van der Waals surface area contributed by atoms with E-state index in [9.17, 15) is 0 Å². The molecule has 5 heteroatoms. The molecule has 0 bridgehead atoms. The number of hydrogen-bond acceptors (Lipinski definition) is 0. The third kappa shape index (κ3) is 19.4. The van der Waals surface area contributed by atoms with E-state index < -0.39 is 0 Å². The SMILES string of the molecule is Cl.Cl.O.[La].[Tb]. The molecule has 0 heterocycles. The summed E-state index contributed by atoms with van der Waals surface area (Å²) in [5, 5.41) is 0. The zero-order chi connectivity index (χ0) is 0. The van der Waals surface area contributed by atoms with Crippen LogP contribution in [0.15, 0.2) is 0 Å². The van der Waals surface area contributed by atoms with Crippen LogP contribution in [0.25, 0.3) is 0 Å². The third-order valence-electron chi connectivity index (χ3n) is 0. The van der Waals surface area contributed by atoms with Crippen LogP contribution in [-0.2, 0) is 0 Å². The van der Waals surface area contributed by atoms with Gasteiger partial charge in [0.2, 0.25) is 0 Å². The Hall–Kier alpha value is 3.02. The molecule has 0 aromatic carbocycles. The first-order valence-corrected chi connectivity index (χ1v) is 0. The molecule has 0 unspecified atom stereocenters. The van der Waals surface area contributed by atoms with Gasteiger partial charge < -0.3 is 5.48 Å². The van der Waals surface area contributed by atoms with E-state index >= 15 is 0 Å². The molecule has 0 aromatic rings. The topological polar surface area (TPSA) is 31.5 Å². The van der Waals surface area contributed by atoms with Crippen molar-refractivity contribution in [2.45, 2.75) is 0 Å². The molecule has 0 atom stereocenters. The van der Waals surface area contributed by atoms with Crippen molar-refractivity contribution in [2.75, 3.05) is 0 Å². The summed E-state index contributed by atoms with van der Waals surface area (Å²) in [5.41, 5.74) is 0. The standard InChI is InChI=1S/2ClH.La.H2O.Tb/h2*1H;;1H2;. The molecule has 0 saturated carbocycles. The zero-order valence-corrected chi connectivity index (χ0v) is 9.62. The molecule has 5 heavy (non-hydrogen) atoms. The first kappa shape index (κ1) is 43.3. The minimum atomic E-state index is 0. The predicted octanol–water partition coefficient (Wildman–Crippen LogP) is 0.0189. The number of halogens is 2. The van der Waals surface area contributed by atoms with Gasteiger partial charge >= 0.3 is 0 Å². The van der Waals surface area contributed by atoms with Gasteiger partial charge in [0, 0.05) is 74.2 Å². The minimum Gasteiger partial charge on any atom is -0.412 e. The second-order valence-electron chi connectivity index (χ2n) is 0. The van der Waals surface area contributed by atoms with Gasteiger partial charge in [-0.25, -0.2) is 0 Å². The molecule has 0 rings (SSSR count). The van der Waals surface area contributed by atoms with E-state index in [1.54, 1.807) is 0 Å². The molecule has 1 nitrogen and oxygen atoms in total. The molecule has 0 spiro atoms. The van der Waals surface area contributed by atoms with Gasteiger partial charge in [0.15, 0.2) is 0 Å². The molecule has 0 aliphatic heterocycles. The summed E-state index contributed by atoms with van der Waals surface area (Å²) in [6.45, 7) is 0. The smallest absolute Gasteiger partial charge is 0 e. The third-order valence-corrected chi connectivity index (χ3v) is 0. The maximum Gasteiger partial charge on any atom is 0 e. The molecule has 0 aliphatic rings. The van der Waals surface area contributed by atoms with Gasteiger partial charge in [0.05, 0.1) is 0 Å². The molecule has 0 amide bonds. The van der Waals surface area contributed by atoms with Crippen molar-refractivity contribution < 1.29 is 79.7 Å². The molecule has 2 radical (unpaired) electrons. The van der Waals surface area contributed by atoms with Crippen molar-refractivity contribution in [3.05, 3.63) is 0 Å². The van der Waals surface area contributed by atoms with E-state index in [-0.39, 0.29) is 105 Å². The van der Waals surface area contributed by atoms with Crippen molar-refractivity contribution in [1.29, 1.82) is 0 Å². The van der Waals surface area contributed by atoms with Crippen LogP contribution in [0, 0.1) is 74.2 Å². The predicted molar refractivity (Wildman–Crippen MR) is 18.1 cm³/mol. The minimum absolute atomic E-state index is 0. The van der Waals surface area contributed by atoms with Gasteiger partial charge in [-0.2, -0.15) is 0 Å². The van der Waals surface area contributed by atoms with Crippen molar-refractivity contribution in [2.24, 2.45) is 0 Å². The Morgan fingerprint density at radius 1 is 0.800 bits per heavy atom. The van der Waals surface area contributed by atoms with Crippen LogP contribution >= 0.6 is 24.8 Å². The maximum atomic E-state index is 0. The Morgan fingerprint density at radius 2 is 0.800 bits per heavy atom. The average Bonchev–Trinajstić information content (AvgIpc) is 0. The molecule has 2 N–H and O–H groups in total. The van der Waals surface area contributed by atoms with E-state index in [4.69, 9.17) is 0 Å². The van der Waals surface area contributed by atoms with Crippen molar-refractivity contribution in [3.63, 3.8) is 0 Å². The number of hydrogen-bond donors (Lipinski definition) is 0. The maximum absolute atomic E-state index is 0. The van der Waals surface area contributed by atoms with E-state index in [1.165, 1.54) is 0 Å². The van der Waals surface area contributed by atoms with Gasteiger partial charge in [0.1, 0.15) is 0 Å². The Bertz CT molecular complexity index is 9.61. The fourth-order valence-corrected chi connectivity index (χ4v) is 0. The van der Waals surface area contributed by atoms with Gasteiger partial charge in [0.25, 0.3) is 0 Å². The summed E-state index contributed by atoms with van der Waals surface area (Å²) in [5.74, 6) is 0. The Labute approximate surface area is 102 Å². The summed E-state index contributed by atoms with van der Waals surface area (Å²) in [4.78, 5) is 0. The normalized spacial score (nSPS) is 0. The van der Waals surface area contributed by atoms with Crippen LogP contribution < -0.4 is 0 Å². The summed E-state index contributed by atoms with van der Waals surface area (Å²) in [7, 11) is 0. The molecule has 0 fully saturated rings. The Kier molecular flexibility index (Phi) is 242. The van der Waals surface area contributed by atoms with Crippen molar-refractivity contribution >= 4 is 24.8 Å². The quantitative estimate of drug-likeness (QED) is 0.560. The monoisotopic (exact) mass is 388 g/mol. The van der Waals surface area contributed by atoms with E-state index in [0.717, 1.165) is 0 Å². The van der Waals surface area contributed by atoms with Crippen LogP contribution in [0.4, 0.5) is 0 Å².